The first-order valence-electron chi connectivity index (χ1n) is 10.5. The first-order valence-corrected chi connectivity index (χ1v) is 10.5. The maximum Gasteiger partial charge on any atom is 0.322 e. The van der Waals surface area contributed by atoms with Crippen LogP contribution in [-0.4, -0.2) is 17.5 Å². The number of carbonyl (C=O) groups excluding carboxylic acids is 1. The summed E-state index contributed by atoms with van der Waals surface area (Å²) in [6.07, 6.45) is 2.13. The summed E-state index contributed by atoms with van der Waals surface area (Å²) < 4.78 is 0. The first-order chi connectivity index (χ1) is 15.2. The van der Waals surface area contributed by atoms with Crippen LogP contribution in [0.25, 0.3) is 16.8 Å². The fourth-order valence-electron chi connectivity index (χ4n) is 3.71. The summed E-state index contributed by atoms with van der Waals surface area (Å²) in [5, 5.41) is 5.28. The molecule has 4 aromatic rings. The Morgan fingerprint density at radius 2 is 1.45 bits per heavy atom. The minimum Gasteiger partial charge on any atom is -0.316 e. The van der Waals surface area contributed by atoms with Gasteiger partial charge in [0.1, 0.15) is 0 Å². The lowest BCUT2D eigenvalue weighted by Gasteiger charge is -2.24. The van der Waals surface area contributed by atoms with Crippen LogP contribution in [-0.2, 0) is 6.54 Å². The molecule has 0 unspecified atom stereocenters. The normalized spacial score (nSPS) is 11.3. The number of nitrogens with zero attached hydrogens (tertiary/aromatic N) is 1. The fraction of sp³-hybridized carbons (Fsp3) is 0.107. The maximum atomic E-state index is 13.3. The molecule has 31 heavy (non-hydrogen) atoms. The molecule has 0 aromatic heterocycles. The molecule has 4 rings (SSSR count). The highest BCUT2D eigenvalue weighted by atomic mass is 16.2. The van der Waals surface area contributed by atoms with Gasteiger partial charge in [-0.15, -0.1) is 0 Å². The van der Waals surface area contributed by atoms with Crippen molar-refractivity contribution in [3.05, 3.63) is 120 Å². The molecule has 0 radical (unpaired) electrons. The van der Waals surface area contributed by atoms with Crippen molar-refractivity contribution in [2.24, 2.45) is 0 Å². The lowest BCUT2D eigenvalue weighted by molar-refractivity contribution is 0.214. The molecule has 1 N–H and O–H groups in total. The van der Waals surface area contributed by atoms with Crippen molar-refractivity contribution in [3.8, 4) is 0 Å². The number of benzene rings is 4. The van der Waals surface area contributed by atoms with Crippen LogP contribution in [0.15, 0.2) is 109 Å². The van der Waals surface area contributed by atoms with Gasteiger partial charge in [0.15, 0.2) is 0 Å². The van der Waals surface area contributed by atoms with Crippen LogP contribution in [0, 0.1) is 0 Å². The zero-order valence-electron chi connectivity index (χ0n) is 17.7. The number of amides is 2. The summed E-state index contributed by atoms with van der Waals surface area (Å²) in [7, 11) is 0. The van der Waals surface area contributed by atoms with Crippen LogP contribution in [0.5, 0.6) is 0 Å². The number of carbonyl (C=O) groups is 1. The van der Waals surface area contributed by atoms with Crippen molar-refractivity contribution in [2.45, 2.75) is 13.5 Å². The highest BCUT2D eigenvalue weighted by molar-refractivity contribution is 6.01. The van der Waals surface area contributed by atoms with Crippen molar-refractivity contribution < 1.29 is 4.79 Å². The second kappa shape index (κ2) is 9.77. The third-order valence-corrected chi connectivity index (χ3v) is 5.19. The zero-order chi connectivity index (χ0) is 21.5. The van der Waals surface area contributed by atoms with Gasteiger partial charge in [0.25, 0.3) is 0 Å². The molecule has 0 bridgehead atoms. The molecule has 154 valence electrons. The van der Waals surface area contributed by atoms with E-state index in [1.54, 1.807) is 0 Å². The number of hydrogen-bond donors (Lipinski definition) is 1. The average Bonchev–Trinajstić information content (AvgIpc) is 2.80. The van der Waals surface area contributed by atoms with E-state index >= 15 is 0 Å². The van der Waals surface area contributed by atoms with Crippen molar-refractivity contribution >= 4 is 28.6 Å². The number of anilines is 1. The Morgan fingerprint density at radius 3 is 2.23 bits per heavy atom. The largest absolute Gasteiger partial charge is 0.322 e. The van der Waals surface area contributed by atoms with E-state index in [1.807, 2.05) is 71.6 Å². The fourth-order valence-corrected chi connectivity index (χ4v) is 3.71. The number of fused-ring (bicyclic) bond motifs is 1. The van der Waals surface area contributed by atoms with Gasteiger partial charge < -0.3 is 10.2 Å². The summed E-state index contributed by atoms with van der Waals surface area (Å²) in [5.74, 6) is 0. The molecule has 0 aliphatic rings. The molecule has 3 nitrogen and oxygen atoms in total. The lowest BCUT2D eigenvalue weighted by Crippen LogP contribution is -2.35. The minimum absolute atomic E-state index is 0.110. The average molecular weight is 407 g/mol. The summed E-state index contributed by atoms with van der Waals surface area (Å²) in [6.45, 7) is 3.15. The molecule has 0 fully saturated rings. The number of rotatable bonds is 6. The van der Waals surface area contributed by atoms with E-state index in [-0.39, 0.29) is 6.03 Å². The summed E-state index contributed by atoms with van der Waals surface area (Å²) in [4.78, 5) is 15.2. The van der Waals surface area contributed by atoms with Gasteiger partial charge in [-0.05, 0) is 29.5 Å². The van der Waals surface area contributed by atoms with Crippen LogP contribution < -0.4 is 5.32 Å². The van der Waals surface area contributed by atoms with E-state index in [9.17, 15) is 4.79 Å². The summed E-state index contributed by atoms with van der Waals surface area (Å²) in [6, 6.07) is 34.2. The van der Waals surface area contributed by atoms with Crippen molar-refractivity contribution in [3.63, 3.8) is 0 Å². The second-order valence-corrected chi connectivity index (χ2v) is 7.70. The topological polar surface area (TPSA) is 32.3 Å². The molecular formula is C28H26N2O. The Bertz CT molecular complexity index is 1180. The quantitative estimate of drug-likeness (QED) is 0.368. The molecule has 2 amide bonds. The standard InChI is InChI=1S/C28H26N2O/c1-22(19-23-11-4-2-5-12-23)20-30(21-24-13-6-3-7-14-24)28(31)29-27-18-10-16-25-15-8-9-17-26(25)27/h2-19H,20-21H2,1H3,(H,29,31). The molecule has 4 aromatic carbocycles. The highest BCUT2D eigenvalue weighted by Gasteiger charge is 2.16. The maximum absolute atomic E-state index is 13.3. The molecule has 0 heterocycles. The lowest BCUT2D eigenvalue weighted by atomic mass is 10.1. The van der Waals surface area contributed by atoms with Gasteiger partial charge in [-0.25, -0.2) is 4.79 Å². The van der Waals surface area contributed by atoms with Gasteiger partial charge in [0.2, 0.25) is 0 Å². The number of nitrogens with one attached hydrogen (secondary N) is 1. The predicted octanol–water partition coefficient (Wildman–Crippen LogP) is 6.98. The first kappa shape index (κ1) is 20.4. The SMILES string of the molecule is CC(=Cc1ccccc1)CN(Cc1ccccc1)C(=O)Nc1cccc2ccccc12. The number of hydrogen-bond acceptors (Lipinski definition) is 1. The monoisotopic (exact) mass is 406 g/mol. The Labute approximate surface area is 183 Å². The van der Waals surface area contributed by atoms with Crippen molar-refractivity contribution in [1.82, 2.24) is 4.90 Å². The van der Waals surface area contributed by atoms with Crippen LogP contribution >= 0.6 is 0 Å². The number of urea groups is 1. The molecular weight excluding hydrogens is 380 g/mol. The van der Waals surface area contributed by atoms with Gasteiger partial charge in [-0.3, -0.25) is 0 Å². The van der Waals surface area contributed by atoms with Gasteiger partial charge in [0, 0.05) is 18.5 Å². The predicted molar refractivity (Wildman–Crippen MR) is 130 cm³/mol. The molecule has 0 saturated heterocycles. The highest BCUT2D eigenvalue weighted by Crippen LogP contribution is 2.23. The minimum atomic E-state index is -0.110. The summed E-state index contributed by atoms with van der Waals surface area (Å²) in [5.41, 5.74) is 4.18. The van der Waals surface area contributed by atoms with Crippen molar-refractivity contribution in [1.29, 1.82) is 0 Å². The summed E-state index contributed by atoms with van der Waals surface area (Å²) >= 11 is 0. The van der Waals surface area contributed by atoms with E-state index in [2.05, 4.69) is 54.7 Å². The Hall–Kier alpha value is -3.85. The molecule has 0 spiro atoms. The van der Waals surface area contributed by atoms with E-state index in [0.29, 0.717) is 13.1 Å². The second-order valence-electron chi connectivity index (χ2n) is 7.70. The van der Waals surface area contributed by atoms with Gasteiger partial charge in [-0.2, -0.15) is 0 Å². The van der Waals surface area contributed by atoms with Crippen LogP contribution in [0.3, 0.4) is 0 Å². The smallest absolute Gasteiger partial charge is 0.316 e. The Balaban J connectivity index is 1.58. The molecule has 0 aliphatic carbocycles. The van der Waals surface area contributed by atoms with Crippen LogP contribution in [0.1, 0.15) is 18.1 Å². The van der Waals surface area contributed by atoms with Gasteiger partial charge in [-0.1, -0.05) is 109 Å². The van der Waals surface area contributed by atoms with E-state index < -0.39 is 0 Å². The van der Waals surface area contributed by atoms with Gasteiger partial charge >= 0.3 is 6.03 Å². The zero-order valence-corrected chi connectivity index (χ0v) is 17.7. The Kier molecular flexibility index (Phi) is 6.44. The third-order valence-electron chi connectivity index (χ3n) is 5.19. The van der Waals surface area contributed by atoms with Crippen LogP contribution in [0.4, 0.5) is 10.5 Å². The Morgan fingerprint density at radius 1 is 0.806 bits per heavy atom. The van der Waals surface area contributed by atoms with Crippen LogP contribution in [0.2, 0.25) is 0 Å². The molecule has 0 atom stereocenters. The van der Waals surface area contributed by atoms with Gasteiger partial charge in [0.05, 0.1) is 5.69 Å². The van der Waals surface area contributed by atoms with Crippen molar-refractivity contribution in [2.75, 3.05) is 11.9 Å². The van der Waals surface area contributed by atoms with E-state index in [4.69, 9.17) is 0 Å². The molecule has 3 heteroatoms. The van der Waals surface area contributed by atoms with E-state index in [0.717, 1.165) is 33.2 Å². The third kappa shape index (κ3) is 5.40. The van der Waals surface area contributed by atoms with E-state index in [1.165, 1.54) is 0 Å². The molecule has 0 saturated carbocycles. The molecule has 0 aliphatic heterocycles.